The van der Waals surface area contributed by atoms with Crippen LogP contribution in [0.3, 0.4) is 0 Å². The van der Waals surface area contributed by atoms with Crippen molar-refractivity contribution in [1.29, 1.82) is 5.41 Å². The second-order valence-corrected chi connectivity index (χ2v) is 11.4. The Morgan fingerprint density at radius 3 is 2.03 bits per heavy atom. The SMILES string of the molecule is CC(C)[C@H](N/C(=N/S(=O)(=O)c1ccc(Cl)cc1)NC[C@@H](C(=N)c1ccc(Cl)cc1)c1ccccc1)C(N)=O. The Morgan fingerprint density at radius 1 is 0.947 bits per heavy atom. The summed E-state index contributed by atoms with van der Waals surface area (Å²) in [6.45, 7) is 3.64. The number of guanidine groups is 1. The number of benzene rings is 3. The topological polar surface area (TPSA) is 138 Å². The summed E-state index contributed by atoms with van der Waals surface area (Å²) in [5, 5.41) is 15.7. The predicted octanol–water partition coefficient (Wildman–Crippen LogP) is 4.58. The van der Waals surface area contributed by atoms with Gasteiger partial charge in [0.25, 0.3) is 10.0 Å². The molecule has 0 bridgehead atoms. The zero-order chi connectivity index (χ0) is 27.9. The first kappa shape index (κ1) is 29.2. The van der Waals surface area contributed by atoms with E-state index in [1.54, 1.807) is 38.1 Å². The van der Waals surface area contributed by atoms with Gasteiger partial charge in [0, 0.05) is 28.2 Å². The number of rotatable bonds is 10. The van der Waals surface area contributed by atoms with E-state index in [9.17, 15) is 13.2 Å². The van der Waals surface area contributed by atoms with Crippen molar-refractivity contribution in [3.8, 4) is 0 Å². The fourth-order valence-electron chi connectivity index (χ4n) is 3.70. The molecule has 3 aromatic rings. The van der Waals surface area contributed by atoms with Crippen LogP contribution in [0.5, 0.6) is 0 Å². The van der Waals surface area contributed by atoms with E-state index < -0.39 is 27.9 Å². The number of primary amides is 1. The average molecular weight is 575 g/mol. The highest BCUT2D eigenvalue weighted by atomic mass is 35.5. The minimum absolute atomic E-state index is 0.0725. The molecule has 3 aromatic carbocycles. The molecule has 11 heteroatoms. The van der Waals surface area contributed by atoms with Crippen LogP contribution in [0.15, 0.2) is 88.2 Å². The fourth-order valence-corrected chi connectivity index (χ4v) is 4.90. The van der Waals surface area contributed by atoms with Crippen LogP contribution < -0.4 is 16.4 Å². The number of nitrogens with two attached hydrogens (primary N) is 1. The standard InChI is InChI=1S/C27H29Cl2N5O3S/c1-17(2)25(26(31)35)33-27(34-38(36,37)22-14-12-21(29)13-15-22)32-16-23(18-6-4-3-5-7-18)24(30)19-8-10-20(28)11-9-19/h3-15,17,23,25,30H,16H2,1-2H3,(H2,31,35)(H2,32,33,34)/t23-,25+/m1/s1. The lowest BCUT2D eigenvalue weighted by Crippen LogP contribution is -2.52. The summed E-state index contributed by atoms with van der Waals surface area (Å²) in [6, 6.07) is 20.9. The molecule has 0 radical (unpaired) electrons. The van der Waals surface area contributed by atoms with Crippen LogP contribution in [0.4, 0.5) is 0 Å². The van der Waals surface area contributed by atoms with Gasteiger partial charge in [0.2, 0.25) is 11.9 Å². The fraction of sp³-hybridized carbons (Fsp3) is 0.222. The zero-order valence-electron chi connectivity index (χ0n) is 20.9. The lowest BCUT2D eigenvalue weighted by atomic mass is 9.90. The van der Waals surface area contributed by atoms with E-state index >= 15 is 0 Å². The Balaban J connectivity index is 1.98. The third-order valence-corrected chi connectivity index (χ3v) is 7.56. The molecule has 38 heavy (non-hydrogen) atoms. The lowest BCUT2D eigenvalue weighted by molar-refractivity contribution is -0.120. The molecular formula is C27H29Cl2N5O3S. The van der Waals surface area contributed by atoms with Gasteiger partial charge in [-0.3, -0.25) is 4.79 Å². The molecule has 3 rings (SSSR count). The molecule has 5 N–H and O–H groups in total. The van der Waals surface area contributed by atoms with Crippen LogP contribution in [-0.4, -0.2) is 38.6 Å². The van der Waals surface area contributed by atoms with Gasteiger partial charge in [-0.1, -0.05) is 79.5 Å². The summed E-state index contributed by atoms with van der Waals surface area (Å²) in [5.74, 6) is -1.57. The van der Waals surface area contributed by atoms with Crippen LogP contribution in [0, 0.1) is 11.3 Å². The highest BCUT2D eigenvalue weighted by Crippen LogP contribution is 2.22. The minimum atomic E-state index is -4.18. The van der Waals surface area contributed by atoms with Gasteiger partial charge < -0.3 is 21.8 Å². The van der Waals surface area contributed by atoms with Crippen molar-refractivity contribution in [3.05, 3.63) is 100 Å². The highest BCUT2D eigenvalue weighted by molar-refractivity contribution is 7.90. The number of carbonyl (C=O) groups excluding carboxylic acids is 1. The van der Waals surface area contributed by atoms with Gasteiger partial charge in [0.1, 0.15) is 6.04 Å². The molecule has 0 saturated heterocycles. The van der Waals surface area contributed by atoms with Crippen molar-refractivity contribution < 1.29 is 13.2 Å². The Labute approximate surface area is 232 Å². The van der Waals surface area contributed by atoms with Crippen molar-refractivity contribution in [2.45, 2.75) is 30.7 Å². The molecule has 0 saturated carbocycles. The van der Waals surface area contributed by atoms with Gasteiger partial charge in [-0.2, -0.15) is 8.42 Å². The van der Waals surface area contributed by atoms with Gasteiger partial charge in [-0.25, -0.2) is 0 Å². The molecule has 0 fully saturated rings. The van der Waals surface area contributed by atoms with Crippen molar-refractivity contribution in [1.82, 2.24) is 10.6 Å². The number of sulfonamides is 1. The Morgan fingerprint density at radius 2 is 1.50 bits per heavy atom. The Bertz CT molecular complexity index is 1390. The summed E-state index contributed by atoms with van der Waals surface area (Å²) < 4.78 is 30.1. The first-order valence-corrected chi connectivity index (χ1v) is 14.0. The van der Waals surface area contributed by atoms with E-state index in [2.05, 4.69) is 15.0 Å². The number of hydrogen-bond acceptors (Lipinski definition) is 4. The van der Waals surface area contributed by atoms with E-state index in [0.717, 1.165) is 5.56 Å². The minimum Gasteiger partial charge on any atom is -0.368 e. The number of halogens is 2. The van der Waals surface area contributed by atoms with Gasteiger partial charge in [-0.05, 0) is 53.4 Å². The number of hydrogen-bond donors (Lipinski definition) is 4. The summed E-state index contributed by atoms with van der Waals surface area (Å²) in [5.41, 5.74) is 7.34. The smallest absolute Gasteiger partial charge is 0.285 e. The lowest BCUT2D eigenvalue weighted by Gasteiger charge is -2.24. The number of nitrogens with zero attached hydrogens (tertiary/aromatic N) is 1. The Kier molecular flexibility index (Phi) is 9.90. The van der Waals surface area contributed by atoms with Crippen LogP contribution in [0.1, 0.15) is 30.9 Å². The first-order valence-electron chi connectivity index (χ1n) is 11.8. The van der Waals surface area contributed by atoms with Crippen molar-refractivity contribution in [2.24, 2.45) is 16.0 Å². The maximum absolute atomic E-state index is 13.1. The molecule has 2 atom stereocenters. The molecular weight excluding hydrogens is 545 g/mol. The molecule has 0 aromatic heterocycles. The van der Waals surface area contributed by atoms with Crippen molar-refractivity contribution in [2.75, 3.05) is 6.54 Å². The number of nitrogens with one attached hydrogen (secondary N) is 3. The second kappa shape index (κ2) is 12.9. The van der Waals surface area contributed by atoms with E-state index in [-0.39, 0.29) is 29.0 Å². The Hall–Kier alpha value is -3.40. The van der Waals surface area contributed by atoms with Gasteiger partial charge in [0.15, 0.2) is 0 Å². The van der Waals surface area contributed by atoms with Crippen LogP contribution in [0.2, 0.25) is 10.0 Å². The van der Waals surface area contributed by atoms with E-state index in [1.165, 1.54) is 24.3 Å². The molecule has 0 aliphatic carbocycles. The highest BCUT2D eigenvalue weighted by Gasteiger charge is 2.25. The van der Waals surface area contributed by atoms with Gasteiger partial charge in [-0.15, -0.1) is 4.40 Å². The normalized spacial score (nSPS) is 13.6. The zero-order valence-corrected chi connectivity index (χ0v) is 23.2. The molecule has 200 valence electrons. The van der Waals surface area contributed by atoms with Crippen molar-refractivity contribution >= 4 is 50.8 Å². The summed E-state index contributed by atoms with van der Waals surface area (Å²) in [6.07, 6.45) is 0. The van der Waals surface area contributed by atoms with Crippen LogP contribution in [-0.2, 0) is 14.8 Å². The molecule has 0 aliphatic rings. The molecule has 8 nitrogen and oxygen atoms in total. The third-order valence-electron chi connectivity index (χ3n) is 5.77. The summed E-state index contributed by atoms with van der Waals surface area (Å²) in [7, 11) is -4.18. The maximum Gasteiger partial charge on any atom is 0.285 e. The van der Waals surface area contributed by atoms with E-state index in [1.807, 2.05) is 30.3 Å². The van der Waals surface area contributed by atoms with Crippen LogP contribution >= 0.6 is 23.2 Å². The van der Waals surface area contributed by atoms with Crippen LogP contribution in [0.25, 0.3) is 0 Å². The quantitative estimate of drug-likeness (QED) is 0.208. The third kappa shape index (κ3) is 7.80. The van der Waals surface area contributed by atoms with Gasteiger partial charge >= 0.3 is 0 Å². The monoisotopic (exact) mass is 573 g/mol. The van der Waals surface area contributed by atoms with E-state index in [0.29, 0.717) is 15.6 Å². The molecule has 1 amide bonds. The molecule has 0 heterocycles. The summed E-state index contributed by atoms with van der Waals surface area (Å²) in [4.78, 5) is 12.0. The molecule has 0 aliphatic heterocycles. The maximum atomic E-state index is 13.1. The first-order chi connectivity index (χ1) is 18.0. The molecule has 0 spiro atoms. The molecule has 0 unspecified atom stereocenters. The second-order valence-electron chi connectivity index (χ2n) is 8.90. The predicted molar refractivity (Wildman–Crippen MR) is 152 cm³/mol. The summed E-state index contributed by atoms with van der Waals surface area (Å²) >= 11 is 11.9. The van der Waals surface area contributed by atoms with E-state index in [4.69, 9.17) is 34.3 Å². The average Bonchev–Trinajstić information content (AvgIpc) is 2.87. The van der Waals surface area contributed by atoms with Gasteiger partial charge in [0.05, 0.1) is 4.90 Å². The largest absolute Gasteiger partial charge is 0.368 e. The number of amides is 1. The van der Waals surface area contributed by atoms with Crippen molar-refractivity contribution in [3.63, 3.8) is 0 Å². The number of carbonyl (C=O) groups is 1.